The number of nitrogens with one attached hydrogen (secondary N) is 4. The third-order valence-corrected chi connectivity index (χ3v) is 4.11. The number of fused-ring (bicyclic) bond motifs is 1. The van der Waals surface area contributed by atoms with E-state index < -0.39 is 0 Å². The van der Waals surface area contributed by atoms with Gasteiger partial charge in [-0.25, -0.2) is 4.79 Å². The maximum atomic E-state index is 11.7. The molecule has 0 fully saturated rings. The molecule has 0 saturated heterocycles. The number of carbonyl (C=O) groups is 1. The third kappa shape index (κ3) is 5.68. The lowest BCUT2D eigenvalue weighted by molar-refractivity contribution is 0.250. The summed E-state index contributed by atoms with van der Waals surface area (Å²) >= 11 is 0. The zero-order valence-corrected chi connectivity index (χ0v) is 16.8. The van der Waals surface area contributed by atoms with E-state index in [0.717, 1.165) is 22.7 Å². The average molecular weight is 394 g/mol. The van der Waals surface area contributed by atoms with E-state index in [1.165, 1.54) is 0 Å². The molecular weight excluding hydrogens is 368 g/mol. The van der Waals surface area contributed by atoms with Gasteiger partial charge >= 0.3 is 6.03 Å². The first-order valence-electron chi connectivity index (χ1n) is 9.45. The van der Waals surface area contributed by atoms with Gasteiger partial charge in [0.25, 0.3) is 0 Å². The molecule has 29 heavy (non-hydrogen) atoms. The lowest BCUT2D eigenvalue weighted by Crippen LogP contribution is -2.36. The molecule has 1 aromatic carbocycles. The summed E-state index contributed by atoms with van der Waals surface area (Å²) in [6, 6.07) is 13.3. The summed E-state index contributed by atoms with van der Waals surface area (Å²) in [6.45, 7) is 4.93. The topological polar surface area (TPSA) is 108 Å². The summed E-state index contributed by atoms with van der Waals surface area (Å²) in [6.07, 6.45) is 1.93. The van der Waals surface area contributed by atoms with Crippen LogP contribution in [0, 0.1) is 0 Å². The number of aromatic nitrogens is 3. The van der Waals surface area contributed by atoms with Crippen molar-refractivity contribution in [2.75, 3.05) is 12.4 Å². The lowest BCUT2D eigenvalue weighted by atomic mass is 10.2. The maximum Gasteiger partial charge on any atom is 0.319 e. The molecule has 9 heteroatoms. The highest BCUT2D eigenvalue weighted by Gasteiger charge is 2.06. The monoisotopic (exact) mass is 394 g/mol. The number of aliphatic imine (C=N–C) groups is 1. The molecule has 2 amide bonds. The fourth-order valence-electron chi connectivity index (χ4n) is 2.72. The molecule has 3 aromatic rings. The van der Waals surface area contributed by atoms with Crippen LogP contribution in [0.5, 0.6) is 0 Å². The van der Waals surface area contributed by atoms with Gasteiger partial charge in [-0.2, -0.15) is 0 Å². The van der Waals surface area contributed by atoms with Crippen molar-refractivity contribution in [2.24, 2.45) is 4.99 Å². The highest BCUT2D eigenvalue weighted by Crippen LogP contribution is 2.09. The number of benzene rings is 1. The van der Waals surface area contributed by atoms with E-state index in [1.807, 2.05) is 66.9 Å². The first-order valence-corrected chi connectivity index (χ1v) is 9.45. The smallest absolute Gasteiger partial charge is 0.319 e. The molecule has 0 atom stereocenters. The number of anilines is 1. The Morgan fingerprint density at radius 1 is 1.07 bits per heavy atom. The van der Waals surface area contributed by atoms with Crippen LogP contribution in [0.2, 0.25) is 0 Å². The zero-order chi connectivity index (χ0) is 20.6. The van der Waals surface area contributed by atoms with Gasteiger partial charge in [0.1, 0.15) is 0 Å². The van der Waals surface area contributed by atoms with Gasteiger partial charge in [-0.15, -0.1) is 10.2 Å². The van der Waals surface area contributed by atoms with Gasteiger partial charge in [-0.3, -0.25) is 9.39 Å². The predicted molar refractivity (Wildman–Crippen MR) is 114 cm³/mol. The van der Waals surface area contributed by atoms with Crippen molar-refractivity contribution in [3.63, 3.8) is 0 Å². The summed E-state index contributed by atoms with van der Waals surface area (Å²) < 4.78 is 1.93. The number of carbonyl (C=O) groups excluding carboxylic acids is 1. The SMILES string of the molecule is CN=C(NCc1ccc(NC(=O)NC(C)C)cc1)NCc1nnc2ccccn12. The molecule has 2 aromatic heterocycles. The largest absolute Gasteiger partial charge is 0.352 e. The van der Waals surface area contributed by atoms with Gasteiger partial charge < -0.3 is 21.3 Å². The van der Waals surface area contributed by atoms with Crippen LogP contribution in [0.1, 0.15) is 25.2 Å². The minimum absolute atomic E-state index is 0.0912. The van der Waals surface area contributed by atoms with E-state index in [9.17, 15) is 4.79 Å². The Hall–Kier alpha value is -3.62. The maximum absolute atomic E-state index is 11.7. The van der Waals surface area contributed by atoms with E-state index in [2.05, 4.69) is 36.5 Å². The van der Waals surface area contributed by atoms with E-state index >= 15 is 0 Å². The molecule has 0 unspecified atom stereocenters. The Morgan fingerprint density at radius 2 is 1.83 bits per heavy atom. The number of urea groups is 1. The van der Waals surface area contributed by atoms with Gasteiger partial charge in [0.15, 0.2) is 17.4 Å². The molecule has 0 bridgehead atoms. The predicted octanol–water partition coefficient (Wildman–Crippen LogP) is 2.12. The molecule has 2 heterocycles. The lowest BCUT2D eigenvalue weighted by Gasteiger charge is -2.12. The summed E-state index contributed by atoms with van der Waals surface area (Å²) in [4.78, 5) is 16.0. The van der Waals surface area contributed by atoms with Gasteiger partial charge in [0.05, 0.1) is 6.54 Å². The summed E-state index contributed by atoms with van der Waals surface area (Å²) in [5.41, 5.74) is 2.62. The quantitative estimate of drug-likeness (QED) is 0.378. The molecule has 0 saturated carbocycles. The highest BCUT2D eigenvalue weighted by molar-refractivity contribution is 5.89. The molecule has 4 N–H and O–H groups in total. The Morgan fingerprint density at radius 3 is 2.55 bits per heavy atom. The number of amides is 2. The van der Waals surface area contributed by atoms with E-state index in [-0.39, 0.29) is 12.1 Å². The van der Waals surface area contributed by atoms with E-state index in [0.29, 0.717) is 19.0 Å². The fourth-order valence-corrected chi connectivity index (χ4v) is 2.72. The molecule has 152 valence electrons. The fraction of sp³-hybridized carbons (Fsp3) is 0.300. The zero-order valence-electron chi connectivity index (χ0n) is 16.8. The number of hydrogen-bond acceptors (Lipinski definition) is 4. The Labute approximate surface area is 169 Å². The van der Waals surface area contributed by atoms with Crippen molar-refractivity contribution in [3.8, 4) is 0 Å². The second-order valence-electron chi connectivity index (χ2n) is 6.77. The van der Waals surface area contributed by atoms with Crippen molar-refractivity contribution < 1.29 is 4.79 Å². The number of hydrogen-bond donors (Lipinski definition) is 4. The highest BCUT2D eigenvalue weighted by atomic mass is 16.2. The Balaban J connectivity index is 1.49. The van der Waals surface area contributed by atoms with Crippen LogP contribution in [0.3, 0.4) is 0 Å². The second kappa shape index (κ2) is 9.54. The van der Waals surface area contributed by atoms with Gasteiger partial charge in [0.2, 0.25) is 0 Å². The number of guanidine groups is 1. The van der Waals surface area contributed by atoms with Crippen LogP contribution in [0.25, 0.3) is 5.65 Å². The van der Waals surface area contributed by atoms with Crippen molar-refractivity contribution in [1.82, 2.24) is 30.5 Å². The molecule has 0 aliphatic carbocycles. The Kier molecular flexibility index (Phi) is 6.62. The summed E-state index contributed by atoms with van der Waals surface area (Å²) in [7, 11) is 1.72. The van der Waals surface area contributed by atoms with Gasteiger partial charge in [-0.1, -0.05) is 18.2 Å². The molecule has 0 radical (unpaired) electrons. The molecule has 3 rings (SSSR count). The van der Waals surface area contributed by atoms with Crippen LogP contribution >= 0.6 is 0 Å². The van der Waals surface area contributed by atoms with Crippen molar-refractivity contribution in [2.45, 2.75) is 33.0 Å². The van der Waals surface area contributed by atoms with E-state index in [1.54, 1.807) is 7.05 Å². The minimum atomic E-state index is -0.212. The van der Waals surface area contributed by atoms with Crippen LogP contribution < -0.4 is 21.3 Å². The number of pyridine rings is 1. The normalized spacial score (nSPS) is 11.5. The summed E-state index contributed by atoms with van der Waals surface area (Å²) in [5, 5.41) is 20.4. The molecule has 0 aliphatic heterocycles. The average Bonchev–Trinajstić information content (AvgIpc) is 3.12. The van der Waals surface area contributed by atoms with Crippen molar-refractivity contribution in [3.05, 3.63) is 60.0 Å². The Bertz CT molecular complexity index is 978. The standard InChI is InChI=1S/C20H26N8O/c1-14(2)24-20(29)25-16-9-7-15(8-10-16)12-22-19(21-3)23-13-18-27-26-17-6-4-5-11-28(17)18/h4-11,14H,12-13H2,1-3H3,(H2,21,22,23)(H2,24,25,29). The van der Waals surface area contributed by atoms with Crippen LogP contribution in [-0.2, 0) is 13.1 Å². The molecule has 0 aliphatic rings. The first-order chi connectivity index (χ1) is 14.0. The number of nitrogens with zero attached hydrogens (tertiary/aromatic N) is 4. The second-order valence-corrected chi connectivity index (χ2v) is 6.77. The van der Waals surface area contributed by atoms with Crippen LogP contribution in [-0.4, -0.2) is 39.7 Å². The summed E-state index contributed by atoms with van der Waals surface area (Å²) in [5.74, 6) is 1.47. The molecule has 9 nitrogen and oxygen atoms in total. The van der Waals surface area contributed by atoms with E-state index in [4.69, 9.17) is 0 Å². The van der Waals surface area contributed by atoms with Crippen molar-refractivity contribution >= 4 is 23.3 Å². The molecular formula is C20H26N8O. The first kappa shape index (κ1) is 20.1. The van der Waals surface area contributed by atoms with Crippen LogP contribution in [0.15, 0.2) is 53.7 Å². The number of rotatable bonds is 6. The minimum Gasteiger partial charge on any atom is -0.352 e. The van der Waals surface area contributed by atoms with Crippen molar-refractivity contribution in [1.29, 1.82) is 0 Å². The van der Waals surface area contributed by atoms with Gasteiger partial charge in [0, 0.05) is 31.5 Å². The molecule has 0 spiro atoms. The third-order valence-electron chi connectivity index (χ3n) is 4.11. The van der Waals surface area contributed by atoms with Gasteiger partial charge in [-0.05, 0) is 43.7 Å². The van der Waals surface area contributed by atoms with Crippen LogP contribution in [0.4, 0.5) is 10.5 Å².